The van der Waals surface area contributed by atoms with Crippen molar-refractivity contribution in [3.63, 3.8) is 0 Å². The van der Waals surface area contributed by atoms with Crippen LogP contribution in [-0.4, -0.2) is 22.2 Å². The highest BCUT2D eigenvalue weighted by molar-refractivity contribution is 5.80. The third kappa shape index (κ3) is 3.83. The van der Waals surface area contributed by atoms with Crippen molar-refractivity contribution < 1.29 is 23.1 Å². The number of hydrogen-bond donors (Lipinski definition) is 2. The summed E-state index contributed by atoms with van der Waals surface area (Å²) in [5.41, 5.74) is 0.405. The van der Waals surface area contributed by atoms with Crippen LogP contribution < -0.4 is 5.43 Å². The van der Waals surface area contributed by atoms with Crippen molar-refractivity contribution in [1.82, 2.24) is 10.4 Å². The number of rotatable bonds is 4. The molecule has 1 heterocycles. The molecule has 0 aliphatic carbocycles. The van der Waals surface area contributed by atoms with Crippen LogP contribution >= 0.6 is 0 Å². The summed E-state index contributed by atoms with van der Waals surface area (Å²) in [6, 6.07) is 15.1. The summed E-state index contributed by atoms with van der Waals surface area (Å²) in [7, 11) is 0. The van der Waals surface area contributed by atoms with Crippen molar-refractivity contribution in [2.24, 2.45) is 0 Å². The molecule has 1 aliphatic rings. The fourth-order valence-electron chi connectivity index (χ4n) is 2.95. The zero-order valence-corrected chi connectivity index (χ0v) is 14.6. The van der Waals surface area contributed by atoms with Crippen LogP contribution in [0.3, 0.4) is 0 Å². The molecule has 0 saturated heterocycles. The first kappa shape index (κ1) is 19.0. The van der Waals surface area contributed by atoms with Crippen molar-refractivity contribution in [2.45, 2.75) is 31.7 Å². The number of amides is 1. The van der Waals surface area contributed by atoms with E-state index >= 15 is 0 Å². The molecule has 27 heavy (non-hydrogen) atoms. The number of carbonyl (C=O) groups is 1. The molecule has 142 valence electrons. The van der Waals surface area contributed by atoms with Gasteiger partial charge in [0.15, 0.2) is 0 Å². The van der Waals surface area contributed by atoms with Crippen LogP contribution in [0.15, 0.2) is 66.4 Å². The molecule has 2 aromatic carbocycles. The largest absolute Gasteiger partial charge is 0.432 e. The SMILES string of the molecule is CCc1ccc(C2(O)C=C(C(F)(F)F)NN2C(=O)Cc2ccccc2)cc1. The van der Waals surface area contributed by atoms with Crippen molar-refractivity contribution in [3.05, 3.63) is 83.1 Å². The molecule has 0 fully saturated rings. The van der Waals surface area contributed by atoms with Gasteiger partial charge in [-0.2, -0.15) is 13.2 Å². The van der Waals surface area contributed by atoms with E-state index < -0.39 is 23.5 Å². The molecule has 2 N–H and O–H groups in total. The van der Waals surface area contributed by atoms with Gasteiger partial charge in [-0.15, -0.1) is 0 Å². The minimum atomic E-state index is -4.72. The Morgan fingerprint density at radius 2 is 1.70 bits per heavy atom. The monoisotopic (exact) mass is 376 g/mol. The number of allylic oxidation sites excluding steroid dienone is 1. The van der Waals surface area contributed by atoms with E-state index in [4.69, 9.17) is 0 Å². The van der Waals surface area contributed by atoms with Gasteiger partial charge in [0.25, 0.3) is 0 Å². The number of aryl methyl sites for hydroxylation is 1. The number of nitrogens with zero attached hydrogens (tertiary/aromatic N) is 1. The van der Waals surface area contributed by atoms with Gasteiger partial charge in [-0.3, -0.25) is 10.2 Å². The van der Waals surface area contributed by atoms with E-state index in [-0.39, 0.29) is 12.0 Å². The lowest BCUT2D eigenvalue weighted by molar-refractivity contribution is -0.157. The summed E-state index contributed by atoms with van der Waals surface area (Å²) >= 11 is 0. The first-order valence-corrected chi connectivity index (χ1v) is 8.49. The van der Waals surface area contributed by atoms with E-state index in [0.717, 1.165) is 12.0 Å². The number of halogens is 3. The lowest BCUT2D eigenvalue weighted by Crippen LogP contribution is -2.51. The molecule has 3 rings (SSSR count). The lowest BCUT2D eigenvalue weighted by atomic mass is 9.99. The van der Waals surface area contributed by atoms with Gasteiger partial charge in [-0.05, 0) is 17.5 Å². The van der Waals surface area contributed by atoms with Gasteiger partial charge < -0.3 is 5.11 Å². The van der Waals surface area contributed by atoms with Crippen LogP contribution in [0.4, 0.5) is 13.2 Å². The van der Waals surface area contributed by atoms with E-state index in [1.54, 1.807) is 42.5 Å². The van der Waals surface area contributed by atoms with E-state index in [1.807, 2.05) is 12.3 Å². The van der Waals surface area contributed by atoms with E-state index in [1.165, 1.54) is 12.1 Å². The second-order valence-electron chi connectivity index (χ2n) is 6.34. The highest BCUT2D eigenvalue weighted by Crippen LogP contribution is 2.38. The fourth-order valence-corrected chi connectivity index (χ4v) is 2.95. The highest BCUT2D eigenvalue weighted by atomic mass is 19.4. The summed E-state index contributed by atoms with van der Waals surface area (Å²) in [6.45, 7) is 1.94. The molecule has 1 amide bonds. The summed E-state index contributed by atoms with van der Waals surface area (Å²) < 4.78 is 39.7. The Balaban J connectivity index is 1.96. The summed E-state index contributed by atoms with van der Waals surface area (Å²) in [6.07, 6.45) is -3.49. The zero-order valence-electron chi connectivity index (χ0n) is 14.6. The molecular formula is C20H19F3N2O2. The summed E-state index contributed by atoms with van der Waals surface area (Å²) in [4.78, 5) is 12.7. The predicted octanol–water partition coefficient (Wildman–Crippen LogP) is 3.43. The van der Waals surface area contributed by atoms with E-state index in [0.29, 0.717) is 16.6 Å². The molecule has 1 atom stereocenters. The number of aliphatic hydroxyl groups is 1. The number of nitrogens with one attached hydrogen (secondary N) is 1. The van der Waals surface area contributed by atoms with Gasteiger partial charge in [0.05, 0.1) is 6.42 Å². The molecule has 0 saturated carbocycles. The summed E-state index contributed by atoms with van der Waals surface area (Å²) in [5.74, 6) is -0.682. The Hall–Kier alpha value is -2.80. The molecule has 0 radical (unpaired) electrons. The molecule has 1 aliphatic heterocycles. The molecule has 0 spiro atoms. The van der Waals surface area contributed by atoms with Crippen LogP contribution in [0.25, 0.3) is 0 Å². The number of alkyl halides is 3. The quantitative estimate of drug-likeness (QED) is 0.860. The fraction of sp³-hybridized carbons (Fsp3) is 0.250. The minimum Gasteiger partial charge on any atom is -0.362 e. The number of hydrogen-bond acceptors (Lipinski definition) is 3. The maximum Gasteiger partial charge on any atom is 0.432 e. The lowest BCUT2D eigenvalue weighted by Gasteiger charge is -2.33. The Morgan fingerprint density at radius 1 is 1.07 bits per heavy atom. The number of carbonyl (C=O) groups excluding carboxylic acids is 1. The second kappa shape index (κ2) is 7.08. The molecule has 2 aromatic rings. The Labute approximate surface area is 154 Å². The van der Waals surface area contributed by atoms with E-state index in [9.17, 15) is 23.1 Å². The second-order valence-corrected chi connectivity index (χ2v) is 6.34. The first-order valence-electron chi connectivity index (χ1n) is 8.49. The minimum absolute atomic E-state index is 0.151. The average Bonchev–Trinajstić information content (AvgIpc) is 3.02. The third-order valence-corrected chi connectivity index (χ3v) is 4.46. The maximum absolute atomic E-state index is 13.2. The van der Waals surface area contributed by atoms with Crippen LogP contribution in [0.1, 0.15) is 23.6 Å². The van der Waals surface area contributed by atoms with Crippen LogP contribution in [-0.2, 0) is 23.4 Å². The van der Waals surface area contributed by atoms with Gasteiger partial charge in [0, 0.05) is 11.6 Å². The van der Waals surface area contributed by atoms with Crippen LogP contribution in [0.5, 0.6) is 0 Å². The normalized spacial score (nSPS) is 19.6. The maximum atomic E-state index is 13.2. The van der Waals surface area contributed by atoms with Gasteiger partial charge >= 0.3 is 6.18 Å². The average molecular weight is 376 g/mol. The number of hydrazine groups is 1. The van der Waals surface area contributed by atoms with E-state index in [2.05, 4.69) is 0 Å². The van der Waals surface area contributed by atoms with Crippen LogP contribution in [0.2, 0.25) is 0 Å². The molecule has 1 unspecified atom stereocenters. The molecule has 0 bridgehead atoms. The Bertz CT molecular complexity index is 848. The molecule has 7 heteroatoms. The Kier molecular flexibility index (Phi) is 4.97. The van der Waals surface area contributed by atoms with Crippen molar-refractivity contribution in [3.8, 4) is 0 Å². The molecular weight excluding hydrogens is 357 g/mol. The van der Waals surface area contributed by atoms with Gasteiger partial charge in [-0.25, -0.2) is 5.01 Å². The topological polar surface area (TPSA) is 52.6 Å². The number of benzene rings is 2. The van der Waals surface area contributed by atoms with Crippen molar-refractivity contribution in [1.29, 1.82) is 0 Å². The van der Waals surface area contributed by atoms with Crippen molar-refractivity contribution >= 4 is 5.91 Å². The Morgan fingerprint density at radius 3 is 2.26 bits per heavy atom. The highest BCUT2D eigenvalue weighted by Gasteiger charge is 2.50. The predicted molar refractivity (Wildman–Crippen MR) is 94.0 cm³/mol. The first-order chi connectivity index (χ1) is 12.7. The van der Waals surface area contributed by atoms with Gasteiger partial charge in [0.2, 0.25) is 11.6 Å². The summed E-state index contributed by atoms with van der Waals surface area (Å²) in [5, 5.41) is 11.7. The standard InChI is InChI=1S/C20H19F3N2O2/c1-2-14-8-10-16(11-9-14)19(27)13-17(20(21,22)23)24-25(19)18(26)12-15-6-4-3-5-7-15/h3-11,13,24,27H,2,12H2,1H3. The zero-order chi connectivity index (χ0) is 19.7. The smallest absolute Gasteiger partial charge is 0.362 e. The van der Waals surface area contributed by atoms with Crippen molar-refractivity contribution in [2.75, 3.05) is 0 Å². The molecule has 4 nitrogen and oxygen atoms in total. The third-order valence-electron chi connectivity index (χ3n) is 4.46. The van der Waals surface area contributed by atoms with Gasteiger partial charge in [-0.1, -0.05) is 61.5 Å². The molecule has 0 aromatic heterocycles. The van der Waals surface area contributed by atoms with Gasteiger partial charge in [0.1, 0.15) is 5.70 Å². The van der Waals surface area contributed by atoms with Crippen LogP contribution in [0, 0.1) is 0 Å².